The second-order valence-electron chi connectivity index (χ2n) is 7.46. The number of H-pyrrole nitrogens is 1. The van der Waals surface area contributed by atoms with Gasteiger partial charge in [-0.1, -0.05) is 17.7 Å². The maximum atomic E-state index is 6.33. The smallest absolute Gasteiger partial charge is 0.0698 e. The normalized spacial score (nSPS) is 25.3. The zero-order valence-electron chi connectivity index (χ0n) is 14.9. The van der Waals surface area contributed by atoms with Crippen molar-refractivity contribution >= 4 is 24.8 Å². The Balaban J connectivity index is 0.00000113. The number of nitrogens with zero attached hydrogens (tertiary/aromatic N) is 2. The van der Waals surface area contributed by atoms with Crippen LogP contribution in [0.15, 0.2) is 24.4 Å². The molecule has 25 heavy (non-hydrogen) atoms. The average Bonchev–Trinajstić information content (AvgIpc) is 3.04. The first kappa shape index (κ1) is 20.2. The highest BCUT2D eigenvalue weighted by atomic mass is 35.5. The first-order valence-electron chi connectivity index (χ1n) is 8.69. The third-order valence-electron chi connectivity index (χ3n) is 5.76. The zero-order valence-corrected chi connectivity index (χ0v) is 16.5. The van der Waals surface area contributed by atoms with Crippen molar-refractivity contribution in [2.24, 2.45) is 17.6 Å². The quantitative estimate of drug-likeness (QED) is 0.850. The van der Waals surface area contributed by atoms with E-state index in [1.54, 1.807) is 0 Å². The molecule has 1 aliphatic carbocycles. The van der Waals surface area contributed by atoms with E-state index in [9.17, 15) is 0 Å². The van der Waals surface area contributed by atoms with Crippen molar-refractivity contribution in [1.29, 1.82) is 0 Å². The lowest BCUT2D eigenvalue weighted by molar-refractivity contribution is 0.141. The monoisotopic (exact) mass is 382 g/mol. The minimum absolute atomic E-state index is 0. The van der Waals surface area contributed by atoms with E-state index in [-0.39, 0.29) is 24.8 Å². The summed E-state index contributed by atoms with van der Waals surface area (Å²) in [4.78, 5) is 2.57. The number of halogens is 2. The first-order valence-corrected chi connectivity index (χ1v) is 8.69. The van der Waals surface area contributed by atoms with Crippen LogP contribution in [0.25, 0.3) is 11.3 Å². The molecule has 4 rings (SSSR count). The Morgan fingerprint density at radius 3 is 2.52 bits per heavy atom. The lowest BCUT2D eigenvalue weighted by Gasteiger charge is -2.36. The molecule has 1 saturated carbocycles. The summed E-state index contributed by atoms with van der Waals surface area (Å²) in [5, 5.41) is 7.55. The van der Waals surface area contributed by atoms with E-state index in [1.165, 1.54) is 40.8 Å². The van der Waals surface area contributed by atoms with Crippen LogP contribution in [-0.2, 0) is 6.54 Å². The van der Waals surface area contributed by atoms with Crippen LogP contribution in [-0.4, -0.2) is 34.2 Å². The van der Waals surface area contributed by atoms with Gasteiger partial charge in [-0.15, -0.1) is 24.8 Å². The van der Waals surface area contributed by atoms with Crippen LogP contribution in [0, 0.1) is 25.7 Å². The van der Waals surface area contributed by atoms with Crippen LogP contribution >= 0.6 is 24.8 Å². The molecule has 1 unspecified atom stereocenters. The molecule has 2 bridgehead atoms. The number of nitrogens with two attached hydrogens (primary N) is 1. The Labute approximate surface area is 162 Å². The van der Waals surface area contributed by atoms with Crippen molar-refractivity contribution < 1.29 is 0 Å². The summed E-state index contributed by atoms with van der Waals surface area (Å²) in [7, 11) is 0. The fourth-order valence-electron chi connectivity index (χ4n) is 4.40. The Morgan fingerprint density at radius 2 is 1.84 bits per heavy atom. The molecule has 6 heteroatoms. The molecule has 1 aliphatic heterocycles. The fourth-order valence-corrected chi connectivity index (χ4v) is 4.40. The SMILES string of the molecule is Cc1ccc(C)c(-c2[nH]ncc2CN2C[C@H]3CC[C@@H](C2)C3N)c1.Cl.Cl. The molecule has 0 radical (unpaired) electrons. The van der Waals surface area contributed by atoms with E-state index in [2.05, 4.69) is 47.1 Å². The van der Waals surface area contributed by atoms with Crippen molar-refractivity contribution in [1.82, 2.24) is 15.1 Å². The molecular weight excluding hydrogens is 355 g/mol. The highest BCUT2D eigenvalue weighted by Crippen LogP contribution is 2.36. The summed E-state index contributed by atoms with van der Waals surface area (Å²) >= 11 is 0. The fraction of sp³-hybridized carbons (Fsp3) is 0.526. The number of aromatic nitrogens is 2. The second-order valence-corrected chi connectivity index (χ2v) is 7.46. The van der Waals surface area contributed by atoms with Gasteiger partial charge in [-0.3, -0.25) is 10.00 Å². The number of benzene rings is 1. The van der Waals surface area contributed by atoms with E-state index in [0.717, 1.165) is 19.6 Å². The van der Waals surface area contributed by atoms with Gasteiger partial charge in [0.25, 0.3) is 0 Å². The molecule has 1 aromatic carbocycles. The van der Waals surface area contributed by atoms with Gasteiger partial charge in [0, 0.05) is 36.8 Å². The number of hydrogen-bond acceptors (Lipinski definition) is 3. The lowest BCUT2D eigenvalue weighted by Crippen LogP contribution is -2.48. The van der Waals surface area contributed by atoms with E-state index in [4.69, 9.17) is 5.73 Å². The van der Waals surface area contributed by atoms with Gasteiger partial charge >= 0.3 is 0 Å². The van der Waals surface area contributed by atoms with Gasteiger partial charge in [0.05, 0.1) is 11.9 Å². The first-order chi connectivity index (χ1) is 11.1. The maximum absolute atomic E-state index is 6.33. The summed E-state index contributed by atoms with van der Waals surface area (Å²) in [6, 6.07) is 7.03. The van der Waals surface area contributed by atoms with Crippen molar-refractivity contribution in [2.45, 2.75) is 39.3 Å². The maximum Gasteiger partial charge on any atom is 0.0698 e. The van der Waals surface area contributed by atoms with E-state index in [0.29, 0.717) is 17.9 Å². The topological polar surface area (TPSA) is 57.9 Å². The summed E-state index contributed by atoms with van der Waals surface area (Å²) in [6.07, 6.45) is 4.60. The largest absolute Gasteiger partial charge is 0.327 e. The van der Waals surface area contributed by atoms with Crippen LogP contribution in [0.1, 0.15) is 29.5 Å². The number of hydrogen-bond donors (Lipinski definition) is 2. The highest BCUT2D eigenvalue weighted by molar-refractivity contribution is 5.85. The number of fused-ring (bicyclic) bond motifs is 2. The molecule has 2 heterocycles. The Hall–Kier alpha value is -1.07. The van der Waals surface area contributed by atoms with Crippen LogP contribution in [0.3, 0.4) is 0 Å². The molecule has 138 valence electrons. The number of aromatic amines is 1. The minimum atomic E-state index is 0. The van der Waals surface area contributed by atoms with Crippen molar-refractivity contribution in [3.63, 3.8) is 0 Å². The van der Waals surface area contributed by atoms with E-state index in [1.807, 2.05) is 6.20 Å². The Morgan fingerprint density at radius 1 is 1.16 bits per heavy atom. The van der Waals surface area contributed by atoms with Crippen molar-refractivity contribution in [3.8, 4) is 11.3 Å². The molecule has 1 aromatic heterocycles. The standard InChI is InChI=1S/C19H26N4.2ClH/c1-12-3-4-13(2)17(7-12)19-16(8-21-22-19)11-23-9-14-5-6-15(10-23)18(14)20;;/h3-4,7-8,14-15,18H,5-6,9-11,20H2,1-2H3,(H,21,22);2*1H/t14-,15+,18?;;. The van der Waals surface area contributed by atoms with Gasteiger partial charge in [-0.2, -0.15) is 5.10 Å². The van der Waals surface area contributed by atoms with Gasteiger partial charge in [0.15, 0.2) is 0 Å². The van der Waals surface area contributed by atoms with Gasteiger partial charge < -0.3 is 5.73 Å². The summed E-state index contributed by atoms with van der Waals surface area (Å²) < 4.78 is 0. The minimum Gasteiger partial charge on any atom is -0.327 e. The second kappa shape index (κ2) is 8.09. The molecule has 2 fully saturated rings. The zero-order chi connectivity index (χ0) is 16.0. The molecule has 3 atom stereocenters. The van der Waals surface area contributed by atoms with Gasteiger partial charge in [-0.25, -0.2) is 0 Å². The van der Waals surface area contributed by atoms with Gasteiger partial charge in [0.2, 0.25) is 0 Å². The third kappa shape index (κ3) is 3.87. The highest BCUT2D eigenvalue weighted by Gasteiger charge is 2.39. The predicted octanol–water partition coefficient (Wildman–Crippen LogP) is 3.71. The summed E-state index contributed by atoms with van der Waals surface area (Å²) in [5.74, 6) is 1.37. The molecule has 2 aliphatic rings. The van der Waals surface area contributed by atoms with Crippen molar-refractivity contribution in [2.75, 3.05) is 13.1 Å². The van der Waals surface area contributed by atoms with Crippen LogP contribution < -0.4 is 5.73 Å². The predicted molar refractivity (Wildman–Crippen MR) is 107 cm³/mol. The third-order valence-corrected chi connectivity index (χ3v) is 5.76. The molecule has 4 nitrogen and oxygen atoms in total. The van der Waals surface area contributed by atoms with Crippen LogP contribution in [0.2, 0.25) is 0 Å². The lowest BCUT2D eigenvalue weighted by atomic mass is 9.92. The van der Waals surface area contributed by atoms with Crippen molar-refractivity contribution in [3.05, 3.63) is 41.1 Å². The number of piperidine rings is 1. The van der Waals surface area contributed by atoms with Crippen LogP contribution in [0.5, 0.6) is 0 Å². The average molecular weight is 383 g/mol. The van der Waals surface area contributed by atoms with Gasteiger partial charge in [0.1, 0.15) is 0 Å². The molecule has 2 aromatic rings. The van der Waals surface area contributed by atoms with Gasteiger partial charge in [-0.05, 0) is 50.2 Å². The summed E-state index contributed by atoms with van der Waals surface area (Å²) in [6.45, 7) is 7.55. The van der Waals surface area contributed by atoms with E-state index >= 15 is 0 Å². The molecule has 1 saturated heterocycles. The Bertz CT molecular complexity index is 701. The Kier molecular flexibility index (Phi) is 6.55. The molecule has 0 spiro atoms. The number of rotatable bonds is 3. The number of aryl methyl sites for hydroxylation is 2. The number of nitrogens with one attached hydrogen (secondary N) is 1. The van der Waals surface area contributed by atoms with Crippen LogP contribution in [0.4, 0.5) is 0 Å². The molecule has 0 amide bonds. The molecular formula is C19H28Cl2N4. The number of likely N-dealkylation sites (tertiary alicyclic amines) is 1. The molecule has 3 N–H and O–H groups in total. The summed E-state index contributed by atoms with van der Waals surface area (Å²) in [5.41, 5.74) is 12.7. The van der Waals surface area contributed by atoms with E-state index < -0.39 is 0 Å².